The number of hydrazone groups is 1. The summed E-state index contributed by atoms with van der Waals surface area (Å²) < 4.78 is 7.67. The number of aromatic nitrogens is 1. The van der Waals surface area contributed by atoms with Crippen molar-refractivity contribution < 1.29 is 9.53 Å². The van der Waals surface area contributed by atoms with E-state index < -0.39 is 0 Å². The number of hydrogen-bond acceptors (Lipinski definition) is 4. The molecule has 0 bridgehead atoms. The fourth-order valence-corrected chi connectivity index (χ4v) is 4.55. The molecule has 37 heavy (non-hydrogen) atoms. The molecule has 1 aromatic heterocycles. The van der Waals surface area contributed by atoms with Gasteiger partial charge in [0.15, 0.2) is 5.43 Å². The minimum Gasteiger partial charge on any atom is -0.489 e. The normalized spacial score (nSPS) is 11.3. The van der Waals surface area contributed by atoms with Crippen LogP contribution in [0.15, 0.2) is 101 Å². The Morgan fingerprint density at radius 3 is 2.30 bits per heavy atom. The number of para-hydroxylation sites is 2. The highest BCUT2D eigenvalue weighted by molar-refractivity contribution is 6.35. The number of nitrogens with zero attached hydrogens (tertiary/aromatic N) is 2. The lowest BCUT2D eigenvalue weighted by Crippen LogP contribution is -2.25. The first kappa shape index (κ1) is 24.6. The SMILES string of the molecule is O=C(Cn1c2ccccc2c(=O)c2ccccc21)N/N=C\c1cccc(OCc2ccc(Cl)cc2Cl)c1. The topological polar surface area (TPSA) is 72.7 Å². The molecule has 0 unspecified atom stereocenters. The van der Waals surface area contributed by atoms with Crippen LogP contribution in [0.1, 0.15) is 11.1 Å². The number of carbonyl (C=O) groups excluding carboxylic acids is 1. The highest BCUT2D eigenvalue weighted by Gasteiger charge is 2.12. The lowest BCUT2D eigenvalue weighted by molar-refractivity contribution is -0.121. The molecule has 0 aliphatic heterocycles. The van der Waals surface area contributed by atoms with Crippen molar-refractivity contribution >= 4 is 57.1 Å². The van der Waals surface area contributed by atoms with Gasteiger partial charge in [-0.1, -0.05) is 65.7 Å². The van der Waals surface area contributed by atoms with E-state index in [1.54, 1.807) is 30.5 Å². The minimum absolute atomic E-state index is 0.00362. The summed E-state index contributed by atoms with van der Waals surface area (Å²) in [5, 5.41) is 6.34. The third-order valence-electron chi connectivity index (χ3n) is 5.85. The van der Waals surface area contributed by atoms with Gasteiger partial charge in [0.05, 0.1) is 17.2 Å². The van der Waals surface area contributed by atoms with E-state index in [0.717, 1.165) is 11.1 Å². The summed E-state index contributed by atoms with van der Waals surface area (Å²) in [6.45, 7) is 0.290. The number of benzene rings is 4. The number of ether oxygens (including phenoxy) is 1. The van der Waals surface area contributed by atoms with E-state index in [1.165, 1.54) is 0 Å². The van der Waals surface area contributed by atoms with Crippen molar-refractivity contribution in [2.45, 2.75) is 13.2 Å². The Morgan fingerprint density at radius 1 is 0.892 bits per heavy atom. The summed E-state index contributed by atoms with van der Waals surface area (Å²) in [6.07, 6.45) is 1.54. The van der Waals surface area contributed by atoms with Crippen LogP contribution in [0.3, 0.4) is 0 Å². The Balaban J connectivity index is 1.28. The molecule has 0 aliphatic rings. The van der Waals surface area contributed by atoms with Crippen molar-refractivity contribution in [3.05, 3.63) is 122 Å². The van der Waals surface area contributed by atoms with Gasteiger partial charge in [-0.15, -0.1) is 0 Å². The van der Waals surface area contributed by atoms with Gasteiger partial charge in [-0.2, -0.15) is 5.10 Å². The number of carbonyl (C=O) groups is 1. The van der Waals surface area contributed by atoms with Gasteiger partial charge in [-0.25, -0.2) is 5.43 Å². The molecular weight excluding hydrogens is 509 g/mol. The first-order chi connectivity index (χ1) is 18.0. The predicted octanol–water partition coefficient (Wildman–Crippen LogP) is 6.19. The van der Waals surface area contributed by atoms with Crippen LogP contribution in [-0.2, 0) is 17.9 Å². The van der Waals surface area contributed by atoms with Crippen LogP contribution in [0.25, 0.3) is 21.8 Å². The summed E-state index contributed by atoms with van der Waals surface area (Å²) in [5.74, 6) is 0.312. The lowest BCUT2D eigenvalue weighted by atomic mass is 10.1. The number of fused-ring (bicyclic) bond motifs is 2. The number of hydrogen-bond donors (Lipinski definition) is 1. The van der Waals surface area contributed by atoms with Crippen molar-refractivity contribution in [1.29, 1.82) is 0 Å². The van der Waals surface area contributed by atoms with Crippen LogP contribution < -0.4 is 15.6 Å². The van der Waals surface area contributed by atoms with Crippen LogP contribution in [0.5, 0.6) is 5.75 Å². The van der Waals surface area contributed by atoms with Gasteiger partial charge >= 0.3 is 0 Å². The number of nitrogens with one attached hydrogen (secondary N) is 1. The molecule has 0 saturated carbocycles. The Hall–Kier alpha value is -4.13. The number of pyridine rings is 1. The third kappa shape index (κ3) is 5.50. The van der Waals surface area contributed by atoms with Gasteiger partial charge in [0.2, 0.25) is 0 Å². The molecule has 4 aromatic carbocycles. The maximum absolute atomic E-state index is 12.9. The molecular formula is C29H21Cl2N3O3. The average Bonchev–Trinajstić information content (AvgIpc) is 2.91. The van der Waals surface area contributed by atoms with Gasteiger partial charge in [0, 0.05) is 26.4 Å². The lowest BCUT2D eigenvalue weighted by Gasteiger charge is -2.14. The largest absolute Gasteiger partial charge is 0.489 e. The summed E-state index contributed by atoms with van der Waals surface area (Å²) >= 11 is 12.2. The summed E-state index contributed by atoms with van der Waals surface area (Å²) in [4.78, 5) is 25.7. The smallest absolute Gasteiger partial charge is 0.260 e. The molecule has 0 fully saturated rings. The van der Waals surface area contributed by atoms with Crippen LogP contribution >= 0.6 is 23.2 Å². The Morgan fingerprint density at radius 2 is 1.59 bits per heavy atom. The Kier molecular flexibility index (Phi) is 7.21. The molecule has 8 heteroatoms. The van der Waals surface area contributed by atoms with E-state index in [4.69, 9.17) is 27.9 Å². The van der Waals surface area contributed by atoms with E-state index in [9.17, 15) is 9.59 Å². The van der Waals surface area contributed by atoms with Gasteiger partial charge < -0.3 is 9.30 Å². The number of rotatable bonds is 7. The van der Waals surface area contributed by atoms with Crippen molar-refractivity contribution in [2.75, 3.05) is 0 Å². The maximum Gasteiger partial charge on any atom is 0.260 e. The fourth-order valence-electron chi connectivity index (χ4n) is 4.09. The molecule has 5 rings (SSSR count). The molecule has 0 radical (unpaired) electrons. The van der Waals surface area contributed by atoms with Crippen LogP contribution in [0.4, 0.5) is 0 Å². The molecule has 0 aliphatic carbocycles. The minimum atomic E-state index is -0.319. The second kappa shape index (κ2) is 10.9. The molecule has 6 nitrogen and oxygen atoms in total. The molecule has 0 atom stereocenters. The number of amides is 1. The zero-order valence-corrected chi connectivity index (χ0v) is 21.0. The Labute approximate surface area is 222 Å². The first-order valence-corrected chi connectivity index (χ1v) is 12.2. The van der Waals surface area contributed by atoms with Crippen LogP contribution in [0, 0.1) is 0 Å². The highest BCUT2D eigenvalue weighted by Crippen LogP contribution is 2.23. The van der Waals surface area contributed by atoms with Gasteiger partial charge in [-0.05, 0) is 54.1 Å². The Bertz CT molecular complexity index is 1650. The third-order valence-corrected chi connectivity index (χ3v) is 6.44. The summed E-state index contributed by atoms with van der Waals surface area (Å²) in [5.41, 5.74) is 5.47. The average molecular weight is 530 g/mol. The fraction of sp³-hybridized carbons (Fsp3) is 0.0690. The zero-order chi connectivity index (χ0) is 25.8. The zero-order valence-electron chi connectivity index (χ0n) is 19.5. The molecule has 1 heterocycles. The van der Waals surface area contributed by atoms with E-state index in [-0.39, 0.29) is 24.5 Å². The van der Waals surface area contributed by atoms with Crippen molar-refractivity contribution in [3.8, 4) is 5.75 Å². The van der Waals surface area contributed by atoms with E-state index >= 15 is 0 Å². The van der Waals surface area contributed by atoms with Crippen LogP contribution in [-0.4, -0.2) is 16.7 Å². The summed E-state index contributed by atoms with van der Waals surface area (Å²) in [6, 6.07) is 27.1. The van der Waals surface area contributed by atoms with Gasteiger partial charge in [0.1, 0.15) is 18.9 Å². The van der Waals surface area contributed by atoms with Crippen molar-refractivity contribution in [2.24, 2.45) is 5.10 Å². The van der Waals surface area contributed by atoms with Crippen molar-refractivity contribution in [3.63, 3.8) is 0 Å². The highest BCUT2D eigenvalue weighted by atomic mass is 35.5. The van der Waals surface area contributed by atoms with Gasteiger partial charge in [-0.3, -0.25) is 9.59 Å². The standard InChI is InChI=1S/C29H21Cl2N3O3/c30-21-13-12-20(25(31)15-21)18-37-22-7-5-6-19(14-22)16-32-33-28(35)17-34-26-10-3-1-8-23(26)29(36)24-9-2-4-11-27(24)34/h1-16H,17-18H2,(H,33,35)/b32-16-. The first-order valence-electron chi connectivity index (χ1n) is 11.5. The molecule has 0 spiro atoms. The number of halogens is 2. The van der Waals surface area contributed by atoms with Crippen molar-refractivity contribution in [1.82, 2.24) is 9.99 Å². The van der Waals surface area contributed by atoms with E-state index in [0.29, 0.717) is 37.6 Å². The van der Waals surface area contributed by atoms with Crippen LogP contribution in [0.2, 0.25) is 10.0 Å². The molecule has 184 valence electrons. The molecule has 5 aromatic rings. The molecule has 0 saturated heterocycles. The second-order valence-corrected chi connectivity index (χ2v) is 9.18. The van der Waals surface area contributed by atoms with E-state index in [2.05, 4.69) is 10.5 Å². The van der Waals surface area contributed by atoms with E-state index in [1.807, 2.05) is 71.3 Å². The molecule has 1 amide bonds. The quantitative estimate of drug-likeness (QED) is 0.155. The van der Waals surface area contributed by atoms with Gasteiger partial charge in [0.25, 0.3) is 5.91 Å². The monoisotopic (exact) mass is 529 g/mol. The maximum atomic E-state index is 12.9. The second-order valence-electron chi connectivity index (χ2n) is 8.34. The predicted molar refractivity (Wildman–Crippen MR) is 149 cm³/mol. The molecule has 1 N–H and O–H groups in total. The summed E-state index contributed by atoms with van der Waals surface area (Å²) in [7, 11) is 0.